The summed E-state index contributed by atoms with van der Waals surface area (Å²) in [6.45, 7) is 1.78. The average molecular weight is 330 g/mol. The molecule has 0 amide bonds. The van der Waals surface area contributed by atoms with E-state index in [4.69, 9.17) is 39.5 Å². The lowest BCUT2D eigenvalue weighted by Crippen LogP contribution is -2.01. The number of benzene rings is 1. The summed E-state index contributed by atoms with van der Waals surface area (Å²) in [5.41, 5.74) is 0.640. The van der Waals surface area contributed by atoms with E-state index < -0.39 is 0 Å². The van der Waals surface area contributed by atoms with Crippen LogP contribution in [0.4, 0.5) is 0 Å². The molecule has 0 atom stereocenters. The van der Waals surface area contributed by atoms with Crippen molar-refractivity contribution in [2.45, 2.75) is 6.92 Å². The Morgan fingerprint density at radius 3 is 2.50 bits per heavy atom. The van der Waals surface area contributed by atoms with Gasteiger partial charge in [0, 0.05) is 15.6 Å². The highest BCUT2D eigenvalue weighted by atomic mass is 35.5. The van der Waals surface area contributed by atoms with Crippen LogP contribution in [-0.2, 0) is 0 Å². The van der Waals surface area contributed by atoms with Gasteiger partial charge in [0.1, 0.15) is 17.2 Å². The largest absolute Gasteiger partial charge is 0.438 e. The lowest BCUT2D eigenvalue weighted by molar-refractivity contribution is 0.442. The van der Waals surface area contributed by atoms with Gasteiger partial charge in [-0.1, -0.05) is 34.8 Å². The molecule has 0 spiro atoms. The molecule has 3 rings (SSSR count). The van der Waals surface area contributed by atoms with E-state index in [0.717, 1.165) is 0 Å². The molecule has 0 bridgehead atoms. The zero-order chi connectivity index (χ0) is 14.3. The third kappa shape index (κ3) is 2.40. The van der Waals surface area contributed by atoms with Crippen LogP contribution in [0.5, 0.6) is 11.6 Å². The normalized spacial score (nSPS) is 11.0. The van der Waals surface area contributed by atoms with Crippen LogP contribution < -0.4 is 4.74 Å². The maximum absolute atomic E-state index is 6.05. The Kier molecular flexibility index (Phi) is 3.41. The van der Waals surface area contributed by atoms with Gasteiger partial charge in [-0.2, -0.15) is 19.6 Å². The van der Waals surface area contributed by atoms with E-state index >= 15 is 0 Å². The first kappa shape index (κ1) is 13.4. The second kappa shape index (κ2) is 5.09. The smallest absolute Gasteiger partial charge is 0.256 e. The van der Waals surface area contributed by atoms with Crippen molar-refractivity contribution in [2.75, 3.05) is 0 Å². The minimum Gasteiger partial charge on any atom is -0.438 e. The maximum atomic E-state index is 6.05. The van der Waals surface area contributed by atoms with Crippen LogP contribution >= 0.6 is 34.8 Å². The minimum absolute atomic E-state index is 0.300. The average Bonchev–Trinajstić information content (AvgIpc) is 2.81. The highest BCUT2D eigenvalue weighted by molar-refractivity contribution is 6.34. The van der Waals surface area contributed by atoms with Gasteiger partial charge in [-0.3, -0.25) is 0 Å². The summed E-state index contributed by atoms with van der Waals surface area (Å²) in [6.07, 6.45) is 1.37. The van der Waals surface area contributed by atoms with E-state index in [9.17, 15) is 0 Å². The first-order valence-corrected chi connectivity index (χ1v) is 6.68. The van der Waals surface area contributed by atoms with E-state index in [1.807, 2.05) is 0 Å². The van der Waals surface area contributed by atoms with Crippen LogP contribution in [0.3, 0.4) is 0 Å². The van der Waals surface area contributed by atoms with Crippen molar-refractivity contribution < 1.29 is 4.74 Å². The van der Waals surface area contributed by atoms with Gasteiger partial charge in [-0.15, -0.1) is 0 Å². The van der Waals surface area contributed by atoms with Gasteiger partial charge in [-0.05, 0) is 25.1 Å². The molecule has 0 aliphatic heterocycles. The van der Waals surface area contributed by atoms with E-state index in [2.05, 4.69) is 15.1 Å². The molecule has 0 fully saturated rings. The standard InChI is InChI=1S/C12H7Cl3N4O/c1-6-10(15)18-12-16-5-17-19(12)11(6)20-9-3-7(13)2-8(14)4-9/h2-5H,1H3. The molecule has 3 aromatic rings. The summed E-state index contributed by atoms with van der Waals surface area (Å²) in [7, 11) is 0. The lowest BCUT2D eigenvalue weighted by atomic mass is 10.3. The van der Waals surface area contributed by atoms with Crippen molar-refractivity contribution in [3.05, 3.63) is 45.3 Å². The number of nitrogens with zero attached hydrogens (tertiary/aromatic N) is 4. The zero-order valence-corrected chi connectivity index (χ0v) is 12.4. The molecule has 0 N–H and O–H groups in total. The number of hydrogen-bond acceptors (Lipinski definition) is 4. The van der Waals surface area contributed by atoms with E-state index in [1.54, 1.807) is 25.1 Å². The van der Waals surface area contributed by atoms with E-state index in [1.165, 1.54) is 10.8 Å². The third-order valence-corrected chi connectivity index (χ3v) is 3.41. The second-order valence-corrected chi connectivity index (χ2v) is 5.24. The summed E-state index contributed by atoms with van der Waals surface area (Å²) < 4.78 is 7.24. The van der Waals surface area contributed by atoms with Crippen LogP contribution in [0, 0.1) is 6.92 Å². The van der Waals surface area contributed by atoms with Crippen LogP contribution in [0.1, 0.15) is 5.56 Å². The Labute approximate surface area is 129 Å². The molecular weight excluding hydrogens is 323 g/mol. The van der Waals surface area contributed by atoms with Crippen LogP contribution in [0.2, 0.25) is 15.2 Å². The van der Waals surface area contributed by atoms with Crippen molar-refractivity contribution in [3.63, 3.8) is 0 Å². The van der Waals surface area contributed by atoms with Crippen LogP contribution in [-0.4, -0.2) is 19.6 Å². The van der Waals surface area contributed by atoms with Gasteiger partial charge in [-0.25, -0.2) is 0 Å². The SMILES string of the molecule is Cc1c(Cl)nc2ncnn2c1Oc1cc(Cl)cc(Cl)c1. The molecule has 0 saturated carbocycles. The Bertz CT molecular complexity index is 782. The third-order valence-electron chi connectivity index (χ3n) is 2.60. The fourth-order valence-corrected chi connectivity index (χ4v) is 2.35. The van der Waals surface area contributed by atoms with Crippen molar-refractivity contribution in [1.29, 1.82) is 0 Å². The van der Waals surface area contributed by atoms with E-state index in [0.29, 0.717) is 38.2 Å². The molecule has 0 unspecified atom stereocenters. The number of hydrogen-bond donors (Lipinski definition) is 0. The predicted octanol–water partition coefficient (Wildman–Crippen LogP) is 4.19. The quantitative estimate of drug-likeness (QED) is 0.662. The number of fused-ring (bicyclic) bond motifs is 1. The Morgan fingerprint density at radius 1 is 1.10 bits per heavy atom. The van der Waals surface area contributed by atoms with Gasteiger partial charge in [0.05, 0.1) is 0 Å². The number of halogens is 3. The molecule has 5 nitrogen and oxygen atoms in total. The molecule has 0 radical (unpaired) electrons. The molecule has 0 aliphatic rings. The summed E-state index contributed by atoms with van der Waals surface area (Å²) in [4.78, 5) is 8.08. The van der Waals surface area contributed by atoms with Crippen molar-refractivity contribution >= 4 is 40.6 Å². The second-order valence-electron chi connectivity index (χ2n) is 4.01. The van der Waals surface area contributed by atoms with Gasteiger partial charge in [0.15, 0.2) is 0 Å². The Morgan fingerprint density at radius 2 is 1.80 bits per heavy atom. The molecule has 0 saturated heterocycles. The van der Waals surface area contributed by atoms with Crippen molar-refractivity contribution in [3.8, 4) is 11.6 Å². The van der Waals surface area contributed by atoms with Gasteiger partial charge in [0.25, 0.3) is 5.78 Å². The molecule has 0 aliphatic carbocycles. The lowest BCUT2D eigenvalue weighted by Gasteiger charge is -2.11. The first-order valence-electron chi connectivity index (χ1n) is 5.54. The molecular formula is C12H7Cl3N4O. The maximum Gasteiger partial charge on any atom is 0.256 e. The molecule has 2 aromatic heterocycles. The molecule has 8 heteroatoms. The summed E-state index contributed by atoms with van der Waals surface area (Å²) >= 11 is 17.9. The van der Waals surface area contributed by atoms with Crippen LogP contribution in [0.25, 0.3) is 5.78 Å². The molecule has 1 aromatic carbocycles. The van der Waals surface area contributed by atoms with Crippen LogP contribution in [0.15, 0.2) is 24.5 Å². The summed E-state index contributed by atoms with van der Waals surface area (Å²) in [6, 6.07) is 4.90. The predicted molar refractivity (Wildman–Crippen MR) is 77.1 cm³/mol. The monoisotopic (exact) mass is 328 g/mol. The van der Waals surface area contributed by atoms with Gasteiger partial charge in [0.2, 0.25) is 5.88 Å². The number of ether oxygens (including phenoxy) is 1. The molecule has 2 heterocycles. The molecule has 20 heavy (non-hydrogen) atoms. The number of rotatable bonds is 2. The number of aromatic nitrogens is 4. The summed E-state index contributed by atoms with van der Waals surface area (Å²) in [5.74, 6) is 1.24. The molecule has 102 valence electrons. The highest BCUT2D eigenvalue weighted by Gasteiger charge is 2.14. The summed E-state index contributed by atoms with van der Waals surface area (Å²) in [5, 5.41) is 5.30. The van der Waals surface area contributed by atoms with Crippen molar-refractivity contribution in [1.82, 2.24) is 19.6 Å². The van der Waals surface area contributed by atoms with Crippen molar-refractivity contribution in [2.24, 2.45) is 0 Å². The first-order chi connectivity index (χ1) is 9.54. The van der Waals surface area contributed by atoms with Gasteiger partial charge < -0.3 is 4.74 Å². The highest BCUT2D eigenvalue weighted by Crippen LogP contribution is 2.31. The zero-order valence-electron chi connectivity index (χ0n) is 10.1. The van der Waals surface area contributed by atoms with E-state index in [-0.39, 0.29) is 0 Å². The Balaban J connectivity index is 2.14. The minimum atomic E-state index is 0.300. The fourth-order valence-electron chi connectivity index (χ4n) is 1.69. The fraction of sp³-hybridized carbons (Fsp3) is 0.0833. The van der Waals surface area contributed by atoms with Gasteiger partial charge >= 0.3 is 0 Å². The Hall–Kier alpha value is -1.56. The topological polar surface area (TPSA) is 52.3 Å².